The van der Waals surface area contributed by atoms with Crippen molar-refractivity contribution in [2.45, 2.75) is 25.3 Å². The minimum atomic E-state index is -0.993. The molecule has 0 fully saturated rings. The Morgan fingerprint density at radius 3 is 2.80 bits per heavy atom. The van der Waals surface area contributed by atoms with Crippen LogP contribution in [0.5, 0.6) is 0 Å². The van der Waals surface area contributed by atoms with Gasteiger partial charge in [-0.2, -0.15) is 0 Å². The maximum atomic E-state index is 11.1. The van der Waals surface area contributed by atoms with Gasteiger partial charge in [-0.05, 0) is 31.9 Å². The van der Waals surface area contributed by atoms with E-state index in [1.807, 2.05) is 18.2 Å². The van der Waals surface area contributed by atoms with E-state index in [1.54, 1.807) is 13.0 Å². The van der Waals surface area contributed by atoms with Gasteiger partial charge in [0.2, 0.25) is 5.91 Å². The minimum Gasteiger partial charge on any atom is -0.399 e. The van der Waals surface area contributed by atoms with Crippen LogP contribution in [0.25, 0.3) is 0 Å². The molecule has 4 nitrogen and oxygen atoms in total. The molecule has 0 bridgehead atoms. The average molecular weight is 207 g/mol. The third kappa shape index (κ3) is 3.25. The summed E-state index contributed by atoms with van der Waals surface area (Å²) in [4.78, 5) is 11.1. The first-order chi connectivity index (χ1) is 6.92. The number of carbonyl (C=O) groups is 1. The summed E-state index contributed by atoms with van der Waals surface area (Å²) in [5.74, 6) is -0.492. The Kier molecular flexibility index (Phi) is 3.31. The van der Waals surface area contributed by atoms with E-state index < -0.39 is 11.4 Å². The fourth-order valence-corrected chi connectivity index (χ4v) is 1.37. The second kappa shape index (κ2) is 4.31. The van der Waals surface area contributed by atoms with Gasteiger partial charge < -0.3 is 17.2 Å². The summed E-state index contributed by atoms with van der Waals surface area (Å²) in [6.07, 6.45) is 8.68. The molecule has 1 amide bonds. The zero-order chi connectivity index (χ0) is 11.5. The van der Waals surface area contributed by atoms with Gasteiger partial charge in [-0.3, -0.25) is 4.79 Å². The van der Waals surface area contributed by atoms with E-state index in [2.05, 4.69) is 0 Å². The van der Waals surface area contributed by atoms with Gasteiger partial charge in [0.1, 0.15) is 0 Å². The van der Waals surface area contributed by atoms with Crippen molar-refractivity contribution in [3.05, 3.63) is 35.6 Å². The molecule has 1 aliphatic rings. The van der Waals surface area contributed by atoms with E-state index in [4.69, 9.17) is 17.2 Å². The Labute approximate surface area is 89.5 Å². The van der Waals surface area contributed by atoms with Gasteiger partial charge in [0, 0.05) is 5.70 Å². The summed E-state index contributed by atoms with van der Waals surface area (Å²) in [7, 11) is 0. The van der Waals surface area contributed by atoms with Gasteiger partial charge in [0.25, 0.3) is 0 Å². The lowest BCUT2D eigenvalue weighted by Crippen LogP contribution is -2.49. The molecule has 15 heavy (non-hydrogen) atoms. The van der Waals surface area contributed by atoms with Crippen molar-refractivity contribution >= 4 is 5.91 Å². The number of allylic oxidation sites excluding steroid dienone is 4. The first-order valence-corrected chi connectivity index (χ1v) is 4.82. The average Bonchev–Trinajstić information content (AvgIpc) is 2.30. The topological polar surface area (TPSA) is 95.1 Å². The molecule has 6 N–H and O–H groups in total. The van der Waals surface area contributed by atoms with E-state index in [0.29, 0.717) is 12.1 Å². The van der Waals surface area contributed by atoms with Gasteiger partial charge in [0.05, 0.1) is 5.54 Å². The molecule has 0 aliphatic heterocycles. The van der Waals surface area contributed by atoms with Crippen LogP contribution in [0, 0.1) is 0 Å². The molecule has 0 aromatic carbocycles. The molecule has 0 heterocycles. The molecule has 0 radical (unpaired) electrons. The zero-order valence-corrected chi connectivity index (χ0v) is 8.86. The molecule has 0 aromatic rings. The summed E-state index contributed by atoms with van der Waals surface area (Å²) in [6.45, 7) is 1.64. The lowest BCUT2D eigenvalue weighted by molar-refractivity contribution is -0.122. The van der Waals surface area contributed by atoms with Crippen LogP contribution in [0.1, 0.15) is 19.8 Å². The second-order valence-electron chi connectivity index (χ2n) is 4.06. The Morgan fingerprint density at radius 1 is 1.53 bits per heavy atom. The highest BCUT2D eigenvalue weighted by molar-refractivity contribution is 5.84. The van der Waals surface area contributed by atoms with E-state index in [1.165, 1.54) is 0 Å². The molecule has 82 valence electrons. The number of primary amides is 1. The highest BCUT2D eigenvalue weighted by atomic mass is 16.1. The highest BCUT2D eigenvalue weighted by Crippen LogP contribution is 2.19. The number of hydrogen-bond acceptors (Lipinski definition) is 3. The largest absolute Gasteiger partial charge is 0.399 e. The number of rotatable bonds is 3. The van der Waals surface area contributed by atoms with Gasteiger partial charge in [-0.15, -0.1) is 0 Å². The van der Waals surface area contributed by atoms with Crippen LogP contribution in [-0.4, -0.2) is 11.4 Å². The van der Waals surface area contributed by atoms with Crippen LogP contribution < -0.4 is 17.2 Å². The number of nitrogens with two attached hydrogens (primary N) is 3. The van der Waals surface area contributed by atoms with Crippen LogP contribution in [-0.2, 0) is 4.79 Å². The first-order valence-electron chi connectivity index (χ1n) is 4.82. The quantitative estimate of drug-likeness (QED) is 0.621. The van der Waals surface area contributed by atoms with Crippen LogP contribution >= 0.6 is 0 Å². The molecular formula is C11H17N3O. The standard InChI is InChI=1S/C11H17N3O/c1-11(14,10(13)15)7-8-3-2-4-9(12)6-5-8/h2,4-6H,3,7,12,14H2,1H3,(H2,13,15)/t11-/m0/s1. The maximum absolute atomic E-state index is 11.1. The molecule has 0 unspecified atom stereocenters. The lowest BCUT2D eigenvalue weighted by atomic mass is 9.91. The van der Waals surface area contributed by atoms with Crippen LogP contribution in [0.2, 0.25) is 0 Å². The normalized spacial score (nSPS) is 19.9. The van der Waals surface area contributed by atoms with Gasteiger partial charge in [-0.25, -0.2) is 0 Å². The summed E-state index contributed by atoms with van der Waals surface area (Å²) in [5, 5.41) is 0. The van der Waals surface area contributed by atoms with Gasteiger partial charge in [0.15, 0.2) is 0 Å². The van der Waals surface area contributed by atoms with E-state index in [-0.39, 0.29) is 0 Å². The molecule has 0 spiro atoms. The first kappa shape index (κ1) is 11.5. The van der Waals surface area contributed by atoms with Crippen LogP contribution in [0.4, 0.5) is 0 Å². The number of hydrogen-bond donors (Lipinski definition) is 3. The predicted octanol–water partition coefficient (Wildman–Crippen LogP) is 0.308. The maximum Gasteiger partial charge on any atom is 0.237 e. The summed E-state index contributed by atoms with van der Waals surface area (Å²) >= 11 is 0. The van der Waals surface area contributed by atoms with Crippen molar-refractivity contribution in [3.8, 4) is 0 Å². The fraction of sp³-hybridized carbons (Fsp3) is 0.364. The molecule has 1 atom stereocenters. The van der Waals surface area contributed by atoms with E-state index >= 15 is 0 Å². The van der Waals surface area contributed by atoms with E-state index in [0.717, 1.165) is 12.0 Å². The Morgan fingerprint density at radius 2 is 2.20 bits per heavy atom. The van der Waals surface area contributed by atoms with Gasteiger partial charge in [-0.1, -0.05) is 17.7 Å². The predicted molar refractivity (Wildman–Crippen MR) is 60.5 cm³/mol. The smallest absolute Gasteiger partial charge is 0.237 e. The lowest BCUT2D eigenvalue weighted by Gasteiger charge is -2.21. The van der Waals surface area contributed by atoms with Crippen molar-refractivity contribution in [1.29, 1.82) is 0 Å². The van der Waals surface area contributed by atoms with Crippen molar-refractivity contribution < 1.29 is 4.79 Å². The molecule has 4 heteroatoms. The minimum absolute atomic E-state index is 0.455. The molecule has 0 aromatic heterocycles. The van der Waals surface area contributed by atoms with Crippen LogP contribution in [0.3, 0.4) is 0 Å². The Balaban J connectivity index is 2.76. The van der Waals surface area contributed by atoms with Crippen molar-refractivity contribution in [2.24, 2.45) is 17.2 Å². The number of amides is 1. The summed E-state index contributed by atoms with van der Waals surface area (Å²) < 4.78 is 0. The van der Waals surface area contributed by atoms with Crippen molar-refractivity contribution in [3.63, 3.8) is 0 Å². The molecule has 0 saturated heterocycles. The summed E-state index contributed by atoms with van der Waals surface area (Å²) in [5.41, 5.74) is 17.4. The third-order valence-electron chi connectivity index (χ3n) is 2.36. The Hall–Kier alpha value is -1.55. The van der Waals surface area contributed by atoms with Crippen molar-refractivity contribution in [2.75, 3.05) is 0 Å². The second-order valence-corrected chi connectivity index (χ2v) is 4.06. The SMILES string of the molecule is C[C@](N)(CC1=CC=C(N)C=CC1)C(N)=O. The molecule has 0 saturated carbocycles. The number of carbonyl (C=O) groups excluding carboxylic acids is 1. The third-order valence-corrected chi connectivity index (χ3v) is 2.36. The highest BCUT2D eigenvalue weighted by Gasteiger charge is 2.26. The molecular weight excluding hydrogens is 190 g/mol. The van der Waals surface area contributed by atoms with Crippen LogP contribution in [0.15, 0.2) is 35.6 Å². The van der Waals surface area contributed by atoms with E-state index in [9.17, 15) is 4.79 Å². The molecule has 1 aliphatic carbocycles. The van der Waals surface area contributed by atoms with Crippen molar-refractivity contribution in [1.82, 2.24) is 0 Å². The summed E-state index contributed by atoms with van der Waals surface area (Å²) in [6, 6.07) is 0. The molecule has 1 rings (SSSR count). The zero-order valence-electron chi connectivity index (χ0n) is 8.86. The Bertz CT molecular complexity index is 351. The monoisotopic (exact) mass is 207 g/mol. The fourth-order valence-electron chi connectivity index (χ4n) is 1.37. The van der Waals surface area contributed by atoms with Gasteiger partial charge >= 0.3 is 0 Å².